The van der Waals surface area contributed by atoms with E-state index in [1.165, 1.54) is 28.6 Å². The monoisotopic (exact) mass is 437 g/mol. The lowest BCUT2D eigenvalue weighted by molar-refractivity contribution is -0.120. The van der Waals surface area contributed by atoms with Crippen molar-refractivity contribution in [2.45, 2.75) is 17.7 Å². The van der Waals surface area contributed by atoms with E-state index in [1.807, 2.05) is 6.07 Å². The van der Waals surface area contributed by atoms with Crippen LogP contribution in [0, 0.1) is 17.2 Å². The average Bonchev–Trinajstić information content (AvgIpc) is 2.67. The van der Waals surface area contributed by atoms with Gasteiger partial charge < -0.3 is 5.32 Å². The fraction of sp³-hybridized carbons (Fsp3) is 0.263. The summed E-state index contributed by atoms with van der Waals surface area (Å²) in [7, 11) is -3.65. The SMILES string of the molecule is N#Cc1ccc(S(=O)(=O)N2CCC(C(=O)Nc3cc(Cl)cc(Cl)c3)CC2)cc1. The van der Waals surface area contributed by atoms with E-state index in [1.54, 1.807) is 18.2 Å². The summed E-state index contributed by atoms with van der Waals surface area (Å²) < 4.78 is 26.9. The van der Waals surface area contributed by atoms with Crippen LogP contribution in [0.15, 0.2) is 47.4 Å². The van der Waals surface area contributed by atoms with Crippen molar-refractivity contribution in [3.8, 4) is 6.07 Å². The molecule has 1 heterocycles. The zero-order valence-corrected chi connectivity index (χ0v) is 17.1. The Hall–Kier alpha value is -2.11. The number of rotatable bonds is 4. The van der Waals surface area contributed by atoms with Crippen LogP contribution in [0.1, 0.15) is 18.4 Å². The van der Waals surface area contributed by atoms with Gasteiger partial charge in [0.15, 0.2) is 0 Å². The molecule has 0 atom stereocenters. The normalized spacial score (nSPS) is 15.8. The quantitative estimate of drug-likeness (QED) is 0.784. The number of carbonyl (C=O) groups excluding carboxylic acids is 1. The van der Waals surface area contributed by atoms with Gasteiger partial charge in [-0.25, -0.2) is 8.42 Å². The highest BCUT2D eigenvalue weighted by molar-refractivity contribution is 7.89. The van der Waals surface area contributed by atoms with Gasteiger partial charge in [-0.05, 0) is 55.3 Å². The van der Waals surface area contributed by atoms with Gasteiger partial charge in [-0.3, -0.25) is 4.79 Å². The second-order valence-corrected chi connectivity index (χ2v) is 9.27. The molecule has 1 fully saturated rings. The van der Waals surface area contributed by atoms with Gasteiger partial charge >= 0.3 is 0 Å². The fourth-order valence-corrected chi connectivity index (χ4v) is 5.07. The second kappa shape index (κ2) is 8.50. The molecule has 0 aliphatic carbocycles. The standard InChI is InChI=1S/C19H17Cl2N3O3S/c20-15-9-16(21)11-17(10-15)23-19(25)14-5-7-24(8-6-14)28(26,27)18-3-1-13(12-22)2-4-18/h1-4,9-11,14H,5-8H2,(H,23,25). The minimum absolute atomic E-state index is 0.142. The second-order valence-electron chi connectivity index (χ2n) is 6.46. The molecule has 146 valence electrons. The number of halogens is 2. The minimum atomic E-state index is -3.65. The third-order valence-electron chi connectivity index (χ3n) is 4.58. The highest BCUT2D eigenvalue weighted by atomic mass is 35.5. The Kier molecular flexibility index (Phi) is 6.26. The van der Waals surface area contributed by atoms with E-state index in [4.69, 9.17) is 28.5 Å². The third kappa shape index (κ3) is 4.65. The number of hydrogen-bond acceptors (Lipinski definition) is 4. The highest BCUT2D eigenvalue weighted by Crippen LogP contribution is 2.27. The van der Waals surface area contributed by atoms with Crippen molar-refractivity contribution in [1.82, 2.24) is 4.31 Å². The number of benzene rings is 2. The molecular weight excluding hydrogens is 421 g/mol. The first kappa shape index (κ1) is 20.6. The number of sulfonamides is 1. The van der Waals surface area contributed by atoms with Gasteiger partial charge in [-0.15, -0.1) is 0 Å². The lowest BCUT2D eigenvalue weighted by Gasteiger charge is -2.30. The van der Waals surface area contributed by atoms with Gasteiger partial charge in [0, 0.05) is 34.7 Å². The predicted octanol–water partition coefficient (Wildman–Crippen LogP) is 3.90. The zero-order valence-electron chi connectivity index (χ0n) is 14.7. The minimum Gasteiger partial charge on any atom is -0.326 e. The zero-order chi connectivity index (χ0) is 20.3. The first-order valence-electron chi connectivity index (χ1n) is 8.57. The van der Waals surface area contributed by atoms with Crippen LogP contribution in [-0.4, -0.2) is 31.7 Å². The molecular formula is C19H17Cl2N3O3S. The van der Waals surface area contributed by atoms with Crippen molar-refractivity contribution in [2.24, 2.45) is 5.92 Å². The van der Waals surface area contributed by atoms with Crippen LogP contribution in [0.4, 0.5) is 5.69 Å². The summed E-state index contributed by atoms with van der Waals surface area (Å²) in [5.74, 6) is -0.487. The van der Waals surface area contributed by atoms with Crippen LogP contribution < -0.4 is 5.32 Å². The van der Waals surface area contributed by atoms with Crippen LogP contribution in [0.3, 0.4) is 0 Å². The number of amides is 1. The molecule has 2 aromatic carbocycles. The van der Waals surface area contributed by atoms with Crippen molar-refractivity contribution in [1.29, 1.82) is 5.26 Å². The van der Waals surface area contributed by atoms with Crippen LogP contribution in [0.2, 0.25) is 10.0 Å². The summed E-state index contributed by atoms with van der Waals surface area (Å²) in [4.78, 5) is 12.6. The number of carbonyl (C=O) groups is 1. The molecule has 1 aliphatic rings. The molecule has 6 nitrogen and oxygen atoms in total. The molecule has 3 rings (SSSR count). The average molecular weight is 438 g/mol. The first-order valence-corrected chi connectivity index (χ1v) is 10.8. The highest BCUT2D eigenvalue weighted by Gasteiger charge is 2.32. The molecule has 0 unspecified atom stereocenters. The van der Waals surface area contributed by atoms with Gasteiger partial charge in [0.1, 0.15) is 0 Å². The molecule has 1 amide bonds. The number of nitriles is 1. The Morgan fingerprint density at radius 3 is 2.18 bits per heavy atom. The van der Waals surface area contributed by atoms with Crippen LogP contribution in [0.5, 0.6) is 0 Å². The van der Waals surface area contributed by atoms with Crippen LogP contribution in [0.25, 0.3) is 0 Å². The van der Waals surface area contributed by atoms with E-state index >= 15 is 0 Å². The van der Waals surface area contributed by atoms with Gasteiger partial charge in [0.05, 0.1) is 16.5 Å². The van der Waals surface area contributed by atoms with E-state index in [0.717, 1.165) is 0 Å². The van der Waals surface area contributed by atoms with Crippen LogP contribution in [-0.2, 0) is 14.8 Å². The molecule has 28 heavy (non-hydrogen) atoms. The first-order chi connectivity index (χ1) is 13.3. The Balaban J connectivity index is 1.63. The van der Waals surface area contributed by atoms with Crippen molar-refractivity contribution >= 4 is 44.8 Å². The number of nitrogens with zero attached hydrogens (tertiary/aromatic N) is 2. The smallest absolute Gasteiger partial charge is 0.243 e. The lowest BCUT2D eigenvalue weighted by atomic mass is 9.97. The lowest BCUT2D eigenvalue weighted by Crippen LogP contribution is -2.41. The fourth-order valence-electron chi connectivity index (χ4n) is 3.08. The van der Waals surface area contributed by atoms with Gasteiger partial charge in [-0.1, -0.05) is 23.2 Å². The molecule has 9 heteroatoms. The summed E-state index contributed by atoms with van der Waals surface area (Å²) in [6.07, 6.45) is 0.825. The molecule has 1 aliphatic heterocycles. The van der Waals surface area contributed by atoms with Crippen molar-refractivity contribution in [3.63, 3.8) is 0 Å². The van der Waals surface area contributed by atoms with E-state index in [9.17, 15) is 13.2 Å². The topological polar surface area (TPSA) is 90.3 Å². The van der Waals surface area contributed by atoms with Crippen molar-refractivity contribution in [3.05, 3.63) is 58.1 Å². The van der Waals surface area contributed by atoms with E-state index in [2.05, 4.69) is 5.32 Å². The predicted molar refractivity (Wildman–Crippen MR) is 108 cm³/mol. The van der Waals surface area contributed by atoms with Crippen molar-refractivity contribution < 1.29 is 13.2 Å². The summed E-state index contributed by atoms with van der Waals surface area (Å²) in [6, 6.07) is 12.6. The number of hydrogen-bond donors (Lipinski definition) is 1. The largest absolute Gasteiger partial charge is 0.326 e. The van der Waals surface area contributed by atoms with Crippen LogP contribution >= 0.6 is 23.2 Å². The summed E-state index contributed by atoms with van der Waals surface area (Å²) >= 11 is 11.9. The van der Waals surface area contributed by atoms with E-state index in [-0.39, 0.29) is 29.8 Å². The Morgan fingerprint density at radius 2 is 1.64 bits per heavy atom. The Labute approximate surface area is 173 Å². The number of anilines is 1. The summed E-state index contributed by atoms with van der Waals surface area (Å²) in [6.45, 7) is 0.493. The summed E-state index contributed by atoms with van der Waals surface area (Å²) in [5, 5.41) is 12.5. The molecule has 2 aromatic rings. The van der Waals surface area contributed by atoms with E-state index in [0.29, 0.717) is 34.1 Å². The molecule has 0 bridgehead atoms. The third-order valence-corrected chi connectivity index (χ3v) is 6.93. The van der Waals surface area contributed by atoms with Gasteiger partial charge in [0.2, 0.25) is 15.9 Å². The number of nitrogens with one attached hydrogen (secondary N) is 1. The molecule has 0 radical (unpaired) electrons. The maximum Gasteiger partial charge on any atom is 0.243 e. The maximum absolute atomic E-state index is 12.7. The van der Waals surface area contributed by atoms with Gasteiger partial charge in [0.25, 0.3) is 0 Å². The van der Waals surface area contributed by atoms with E-state index < -0.39 is 10.0 Å². The Bertz CT molecular complexity index is 1010. The van der Waals surface area contributed by atoms with Gasteiger partial charge in [-0.2, -0.15) is 9.57 Å². The molecule has 0 spiro atoms. The molecule has 0 saturated carbocycles. The number of piperidine rings is 1. The van der Waals surface area contributed by atoms with Crippen molar-refractivity contribution in [2.75, 3.05) is 18.4 Å². The summed E-state index contributed by atoms with van der Waals surface area (Å²) in [5.41, 5.74) is 0.908. The molecule has 1 N–H and O–H groups in total. The Morgan fingerprint density at radius 1 is 1.07 bits per heavy atom. The molecule has 0 aromatic heterocycles. The molecule has 1 saturated heterocycles. The maximum atomic E-state index is 12.7.